The maximum Gasteiger partial charge on any atom is 0.304 e. The third kappa shape index (κ3) is 21.7. The van der Waals surface area contributed by atoms with Crippen LogP contribution in [0.25, 0.3) is 0 Å². The van der Waals surface area contributed by atoms with Gasteiger partial charge in [-0.05, 0) is 31.2 Å². The van der Waals surface area contributed by atoms with Gasteiger partial charge in [0.05, 0.1) is 42.8 Å². The predicted molar refractivity (Wildman–Crippen MR) is 268 cm³/mol. The van der Waals surface area contributed by atoms with Gasteiger partial charge in [-0.3, -0.25) is 52.9 Å². The Balaban J connectivity index is 2.18. The maximum absolute atomic E-state index is 14.5. The van der Waals surface area contributed by atoms with Gasteiger partial charge in [0.1, 0.15) is 6.04 Å². The van der Waals surface area contributed by atoms with Gasteiger partial charge in [0.25, 0.3) is 0 Å². The van der Waals surface area contributed by atoms with Crippen molar-refractivity contribution in [3.05, 3.63) is 35.9 Å². The summed E-state index contributed by atoms with van der Waals surface area (Å²) in [6, 6.07) is 4.18. The molecule has 2 heterocycles. The zero-order valence-corrected chi connectivity index (χ0v) is 42.5. The third-order valence-electron chi connectivity index (χ3n) is 11.5. The summed E-state index contributed by atoms with van der Waals surface area (Å²) in [5, 5.41) is 23.4. The normalized spacial score (nSPS) is 24.8. The number of aliphatic carboxylic acids is 1. The quantitative estimate of drug-likeness (QED) is 0.0574. The molecule has 2 aliphatic heterocycles. The molecule has 7 atom stereocenters. The van der Waals surface area contributed by atoms with Gasteiger partial charge in [0.15, 0.2) is 29.1 Å². The number of benzene rings is 1. The summed E-state index contributed by atoms with van der Waals surface area (Å²) in [6.45, 7) is 6.64. The first-order valence-corrected chi connectivity index (χ1v) is 27.1. The lowest BCUT2D eigenvalue weighted by atomic mass is 9.86. The Kier molecular flexibility index (Phi) is 25.3. The van der Waals surface area contributed by atoms with E-state index in [1.807, 2.05) is 6.92 Å². The van der Waals surface area contributed by atoms with Gasteiger partial charge in [-0.2, -0.15) is 0 Å². The zero-order chi connectivity index (χ0) is 51.1. The number of thioether (sulfide) groups is 1. The number of nitrogens with two attached hydrogens (primary N) is 2. The Bertz CT molecular complexity index is 2000. The molecule has 382 valence electrons. The van der Waals surface area contributed by atoms with Crippen LogP contribution in [-0.4, -0.2) is 130 Å². The van der Waals surface area contributed by atoms with Crippen LogP contribution in [-0.2, 0) is 54.4 Å². The molecule has 0 spiro atoms. The second-order valence-corrected chi connectivity index (χ2v) is 22.1. The van der Waals surface area contributed by atoms with E-state index in [9.17, 15) is 53.1 Å². The number of fused-ring (bicyclic) bond motifs is 5. The minimum absolute atomic E-state index is 0.0257. The van der Waals surface area contributed by atoms with Crippen molar-refractivity contribution in [3.63, 3.8) is 0 Å². The SMILES string of the molecule is CCCCCC[C@@H]1NC(=O)CSC[C@@H](C(=O)C(C)(C)C)NC(=O)[C@H](Cc2ccccc2)CC(=O)[C@@H]2CSSC[C@H](NC1=O)C(=O)C[C@@H](CCCN=C(N)N)C(=O)NCC(=O)C[C@@H](CC(=O)O)C(=O)N2. The van der Waals surface area contributed by atoms with Gasteiger partial charge in [0, 0.05) is 60.3 Å². The molecule has 10 N–H and O–H groups in total. The van der Waals surface area contributed by atoms with E-state index in [2.05, 4.69) is 31.6 Å². The van der Waals surface area contributed by atoms with Gasteiger partial charge in [0.2, 0.25) is 29.5 Å². The number of carboxylic acid groups (broad SMARTS) is 1. The number of carbonyl (C=O) groups is 10. The fourth-order valence-corrected chi connectivity index (χ4v) is 11.0. The molecule has 0 aromatic heterocycles. The molecule has 2 bridgehead atoms. The number of hydrogen-bond acceptors (Lipinski definition) is 14. The second kappa shape index (κ2) is 29.9. The summed E-state index contributed by atoms with van der Waals surface area (Å²) in [7, 11) is 2.16. The topological polar surface area (TPSA) is 315 Å². The minimum atomic E-state index is -1.45. The van der Waals surface area contributed by atoms with Crippen LogP contribution in [0.1, 0.15) is 104 Å². The van der Waals surface area contributed by atoms with Crippen LogP contribution < -0.4 is 38.1 Å². The van der Waals surface area contributed by atoms with Crippen molar-refractivity contribution >= 4 is 97.9 Å². The van der Waals surface area contributed by atoms with Crippen molar-refractivity contribution in [3.8, 4) is 0 Å². The van der Waals surface area contributed by atoms with Gasteiger partial charge < -0.3 is 43.2 Å². The number of aliphatic imine (C=N–C) groups is 1. The van der Waals surface area contributed by atoms with Crippen LogP contribution in [0, 0.1) is 23.2 Å². The lowest BCUT2D eigenvalue weighted by Gasteiger charge is -2.28. The van der Waals surface area contributed by atoms with Crippen LogP contribution in [0.5, 0.6) is 0 Å². The molecule has 0 unspecified atom stereocenters. The molecule has 2 fully saturated rings. The number of rotatable bonds is 14. The number of nitrogens with zero attached hydrogens (tertiary/aromatic N) is 1. The monoisotopic (exact) mass is 1020 g/mol. The van der Waals surface area contributed by atoms with Crippen LogP contribution in [0.15, 0.2) is 35.3 Å². The van der Waals surface area contributed by atoms with Gasteiger partial charge >= 0.3 is 5.97 Å². The summed E-state index contributed by atoms with van der Waals surface area (Å²) in [4.78, 5) is 142. The van der Waals surface area contributed by atoms with Crippen molar-refractivity contribution in [1.82, 2.24) is 26.6 Å². The summed E-state index contributed by atoms with van der Waals surface area (Å²) in [5.74, 6) is -11.1. The molecule has 69 heavy (non-hydrogen) atoms. The average Bonchev–Trinajstić information content (AvgIpc) is 3.28. The Morgan fingerprint density at radius 3 is 1.96 bits per heavy atom. The number of ketones is 4. The lowest BCUT2D eigenvalue weighted by Crippen LogP contribution is -2.53. The van der Waals surface area contributed by atoms with Crippen molar-refractivity contribution in [2.75, 3.05) is 36.1 Å². The molecule has 5 amide bonds. The first-order chi connectivity index (χ1) is 32.7. The van der Waals surface area contributed by atoms with E-state index in [0.29, 0.717) is 12.0 Å². The molecule has 2 saturated heterocycles. The van der Waals surface area contributed by atoms with E-state index < -0.39 is 126 Å². The fraction of sp³-hybridized carbons (Fsp3) is 0.638. The summed E-state index contributed by atoms with van der Waals surface area (Å²) < 4.78 is 0. The zero-order valence-electron chi connectivity index (χ0n) is 40.0. The highest BCUT2D eigenvalue weighted by Gasteiger charge is 2.37. The predicted octanol–water partition coefficient (Wildman–Crippen LogP) is 2.27. The van der Waals surface area contributed by atoms with Crippen LogP contribution in [0.4, 0.5) is 0 Å². The number of hydrogen-bond donors (Lipinski definition) is 8. The highest BCUT2D eigenvalue weighted by atomic mass is 33.1. The fourth-order valence-electron chi connectivity index (χ4n) is 7.71. The van der Waals surface area contributed by atoms with E-state index in [1.54, 1.807) is 51.1 Å². The maximum atomic E-state index is 14.5. The van der Waals surface area contributed by atoms with Gasteiger partial charge in [-0.25, -0.2) is 0 Å². The molecule has 0 saturated carbocycles. The highest BCUT2D eigenvalue weighted by Crippen LogP contribution is 2.27. The minimum Gasteiger partial charge on any atom is -0.481 e. The molecular formula is C47H70N8O11S3. The lowest BCUT2D eigenvalue weighted by molar-refractivity contribution is -0.142. The highest BCUT2D eigenvalue weighted by molar-refractivity contribution is 8.76. The van der Waals surface area contributed by atoms with Crippen LogP contribution in [0.2, 0.25) is 0 Å². The largest absolute Gasteiger partial charge is 0.481 e. The third-order valence-corrected chi connectivity index (χ3v) is 15.0. The number of Topliss-reactive ketones (excluding diaryl/α,β-unsaturated/α-hetero) is 4. The molecule has 1 aromatic rings. The molecular weight excluding hydrogens is 949 g/mol. The smallest absolute Gasteiger partial charge is 0.304 e. The second-order valence-electron chi connectivity index (χ2n) is 18.5. The van der Waals surface area contributed by atoms with E-state index in [4.69, 9.17) is 11.5 Å². The summed E-state index contributed by atoms with van der Waals surface area (Å²) in [5.41, 5.74) is 10.8. The first-order valence-electron chi connectivity index (χ1n) is 23.4. The molecule has 3 rings (SSSR count). The molecule has 2 aliphatic rings. The molecule has 1 aromatic carbocycles. The van der Waals surface area contributed by atoms with Crippen molar-refractivity contribution in [2.45, 2.75) is 129 Å². The standard InChI is InChI=1S/C47H70N8O11S3/c1-5-6-7-11-16-33-45(66)54-35-26-69-68-25-34(53-44(65)31(22-40(60)61)19-32(56)23-51-42(63)29(20-37(35)57)15-12-17-50-46(48)49)38(58)21-30(18-28-13-9-8-10-14-28)43(64)55-36(41(62)47(2,3)4)24-67-27-39(59)52-33/h8-10,13-14,29-31,33-36H,5-7,11-12,15-27H2,1-4H3,(H,51,63)(H,52,59)(H,53,65)(H,54,66)(H,55,64)(H,60,61)(H4,48,49,50)/t29-,30-,31+,33+,34+,35+,36+/m1/s1. The number of unbranched alkanes of at least 4 members (excludes halogenated alkanes) is 3. The van der Waals surface area contributed by atoms with Crippen LogP contribution in [0.3, 0.4) is 0 Å². The number of guanidine groups is 1. The number of amides is 5. The van der Waals surface area contributed by atoms with Crippen LogP contribution >= 0.6 is 33.3 Å². The van der Waals surface area contributed by atoms with Crippen molar-refractivity contribution in [1.29, 1.82) is 0 Å². The number of carbonyl (C=O) groups excluding carboxylic acids is 9. The number of nitrogens with one attached hydrogen (secondary N) is 5. The van der Waals surface area contributed by atoms with Crippen molar-refractivity contribution in [2.24, 2.45) is 39.6 Å². The van der Waals surface area contributed by atoms with Crippen molar-refractivity contribution < 1.29 is 53.1 Å². The Hall–Kier alpha value is -4.96. The molecule has 0 radical (unpaired) electrons. The van der Waals surface area contributed by atoms with E-state index in [-0.39, 0.29) is 73.4 Å². The Morgan fingerprint density at radius 2 is 1.35 bits per heavy atom. The van der Waals surface area contributed by atoms with E-state index in [0.717, 1.165) is 52.6 Å². The van der Waals surface area contributed by atoms with Gasteiger partial charge in [-0.1, -0.05) is 105 Å². The Labute approximate surface area is 416 Å². The van der Waals surface area contributed by atoms with E-state index in [1.165, 1.54) is 0 Å². The Morgan fingerprint density at radius 1 is 0.725 bits per heavy atom. The molecule has 0 aliphatic carbocycles. The molecule has 22 heteroatoms. The summed E-state index contributed by atoms with van der Waals surface area (Å²) >= 11 is 1.07. The average molecular weight is 1020 g/mol. The molecule has 19 nitrogen and oxygen atoms in total. The number of carboxylic acids is 1. The van der Waals surface area contributed by atoms with Gasteiger partial charge in [-0.15, -0.1) is 11.8 Å². The summed E-state index contributed by atoms with van der Waals surface area (Å²) in [6.07, 6.45) is 1.60. The van der Waals surface area contributed by atoms with E-state index >= 15 is 0 Å². The first kappa shape index (κ1) is 58.4.